The molecule has 0 aliphatic carbocycles. The van der Waals surface area contributed by atoms with Crippen molar-refractivity contribution in [2.75, 3.05) is 0 Å². The highest BCUT2D eigenvalue weighted by molar-refractivity contribution is 7.12. The average Bonchev–Trinajstić information content (AvgIpc) is 2.75. The number of nitrogens with zero attached hydrogens (tertiary/aromatic N) is 3. The highest BCUT2D eigenvalue weighted by atomic mass is 32.1. The van der Waals surface area contributed by atoms with Gasteiger partial charge in [-0.3, -0.25) is 0 Å². The molecule has 0 aliphatic rings. The Bertz CT molecular complexity index is 530. The lowest BCUT2D eigenvalue weighted by molar-refractivity contribution is 0.0701. The van der Waals surface area contributed by atoms with Crippen LogP contribution in [0.4, 0.5) is 0 Å². The van der Waals surface area contributed by atoms with Gasteiger partial charge in [0.2, 0.25) is 0 Å². The zero-order chi connectivity index (χ0) is 11.7. The van der Waals surface area contributed by atoms with Gasteiger partial charge in [0.05, 0.1) is 6.54 Å². The van der Waals surface area contributed by atoms with Crippen LogP contribution in [0.25, 0.3) is 0 Å². The number of hydrogen-bond acceptors (Lipinski definition) is 4. The molecule has 0 fully saturated rings. The van der Waals surface area contributed by atoms with E-state index in [0.717, 1.165) is 11.4 Å². The van der Waals surface area contributed by atoms with Crippen LogP contribution in [0, 0.1) is 13.8 Å². The van der Waals surface area contributed by atoms with Crippen LogP contribution < -0.4 is 0 Å². The summed E-state index contributed by atoms with van der Waals surface area (Å²) in [5, 5.41) is 15.0. The molecule has 0 radical (unpaired) electrons. The van der Waals surface area contributed by atoms with Crippen LogP contribution >= 0.6 is 11.3 Å². The average molecular weight is 237 g/mol. The van der Waals surface area contributed by atoms with E-state index in [0.29, 0.717) is 17.2 Å². The van der Waals surface area contributed by atoms with Gasteiger partial charge in [-0.05, 0) is 30.9 Å². The van der Waals surface area contributed by atoms with Crippen molar-refractivity contribution in [2.24, 2.45) is 0 Å². The highest BCUT2D eigenvalue weighted by Crippen LogP contribution is 2.18. The largest absolute Gasteiger partial charge is 0.477 e. The smallest absolute Gasteiger partial charge is 0.346 e. The van der Waals surface area contributed by atoms with E-state index in [9.17, 15) is 4.79 Å². The Morgan fingerprint density at radius 2 is 2.31 bits per heavy atom. The number of aromatic nitrogens is 3. The minimum absolute atomic E-state index is 0.368. The van der Waals surface area contributed by atoms with Crippen molar-refractivity contribution in [3.8, 4) is 0 Å². The molecule has 84 valence electrons. The van der Waals surface area contributed by atoms with E-state index >= 15 is 0 Å². The Kier molecular flexibility index (Phi) is 2.74. The molecule has 2 rings (SSSR count). The molecule has 0 saturated heterocycles. The zero-order valence-corrected chi connectivity index (χ0v) is 9.78. The number of thiophene rings is 1. The summed E-state index contributed by atoms with van der Waals surface area (Å²) >= 11 is 1.23. The minimum Gasteiger partial charge on any atom is -0.477 e. The van der Waals surface area contributed by atoms with E-state index < -0.39 is 5.97 Å². The Hall–Kier alpha value is -1.69. The first kappa shape index (κ1) is 10.8. The fourth-order valence-corrected chi connectivity index (χ4v) is 2.27. The second-order valence-electron chi connectivity index (χ2n) is 3.44. The number of rotatable bonds is 3. The Morgan fingerprint density at radius 3 is 2.88 bits per heavy atom. The topological polar surface area (TPSA) is 68.0 Å². The van der Waals surface area contributed by atoms with Crippen molar-refractivity contribution in [1.29, 1.82) is 0 Å². The Balaban J connectivity index is 2.30. The van der Waals surface area contributed by atoms with Crippen molar-refractivity contribution in [3.05, 3.63) is 33.5 Å². The Morgan fingerprint density at radius 1 is 1.56 bits per heavy atom. The van der Waals surface area contributed by atoms with Gasteiger partial charge in [0, 0.05) is 0 Å². The maximum Gasteiger partial charge on any atom is 0.346 e. The molecule has 6 heteroatoms. The minimum atomic E-state index is -0.889. The van der Waals surface area contributed by atoms with E-state index in [1.54, 1.807) is 10.1 Å². The van der Waals surface area contributed by atoms with Crippen molar-refractivity contribution < 1.29 is 9.90 Å². The standard InChI is InChI=1S/C10H11N3O2S/c1-6-11-7(2)13(12-6)5-8-3-4-16-9(8)10(14)15/h3-4H,5H2,1-2H3,(H,14,15). The second-order valence-corrected chi connectivity index (χ2v) is 4.36. The number of aryl methyl sites for hydroxylation is 2. The lowest BCUT2D eigenvalue weighted by atomic mass is 10.2. The normalized spacial score (nSPS) is 10.6. The van der Waals surface area contributed by atoms with E-state index in [1.165, 1.54) is 11.3 Å². The SMILES string of the molecule is Cc1nc(C)n(Cc2ccsc2C(=O)O)n1. The maximum absolute atomic E-state index is 10.9. The van der Waals surface area contributed by atoms with Gasteiger partial charge in [-0.1, -0.05) is 0 Å². The van der Waals surface area contributed by atoms with Crippen LogP contribution in [-0.2, 0) is 6.54 Å². The molecule has 2 aromatic heterocycles. The van der Waals surface area contributed by atoms with Gasteiger partial charge in [0.1, 0.15) is 16.5 Å². The van der Waals surface area contributed by atoms with Crippen molar-refractivity contribution in [1.82, 2.24) is 14.8 Å². The van der Waals surface area contributed by atoms with E-state index in [-0.39, 0.29) is 0 Å². The number of hydrogen-bond donors (Lipinski definition) is 1. The molecular formula is C10H11N3O2S. The molecule has 0 spiro atoms. The zero-order valence-electron chi connectivity index (χ0n) is 8.97. The summed E-state index contributed by atoms with van der Waals surface area (Å²) in [6.45, 7) is 4.12. The first-order valence-corrected chi connectivity index (χ1v) is 5.63. The lowest BCUT2D eigenvalue weighted by Crippen LogP contribution is -2.07. The molecular weight excluding hydrogens is 226 g/mol. The molecule has 16 heavy (non-hydrogen) atoms. The number of aromatic carboxylic acids is 1. The van der Waals surface area contributed by atoms with Crippen LogP contribution in [0.5, 0.6) is 0 Å². The number of carboxylic acid groups (broad SMARTS) is 1. The molecule has 0 amide bonds. The van der Waals surface area contributed by atoms with Crippen LogP contribution in [0.2, 0.25) is 0 Å². The molecule has 0 unspecified atom stereocenters. The molecule has 1 N–H and O–H groups in total. The van der Waals surface area contributed by atoms with Gasteiger partial charge in [-0.2, -0.15) is 5.10 Å². The molecule has 2 aromatic rings. The van der Waals surface area contributed by atoms with Crippen LogP contribution in [0.1, 0.15) is 26.9 Å². The summed E-state index contributed by atoms with van der Waals surface area (Å²) in [7, 11) is 0. The van der Waals surface area contributed by atoms with Crippen molar-refractivity contribution in [3.63, 3.8) is 0 Å². The summed E-state index contributed by atoms with van der Waals surface area (Å²) in [4.78, 5) is 15.5. The summed E-state index contributed by atoms with van der Waals surface area (Å²) in [5.41, 5.74) is 0.769. The van der Waals surface area contributed by atoms with Gasteiger partial charge < -0.3 is 5.11 Å². The quantitative estimate of drug-likeness (QED) is 0.882. The summed E-state index contributed by atoms with van der Waals surface area (Å²) in [5.74, 6) is 0.601. The summed E-state index contributed by atoms with van der Waals surface area (Å²) in [6, 6.07) is 1.81. The van der Waals surface area contributed by atoms with E-state index in [1.807, 2.05) is 19.9 Å². The maximum atomic E-state index is 10.9. The Labute approximate surface area is 96.4 Å². The van der Waals surface area contributed by atoms with E-state index in [2.05, 4.69) is 10.1 Å². The third kappa shape index (κ3) is 1.96. The van der Waals surface area contributed by atoms with Gasteiger partial charge in [-0.25, -0.2) is 14.5 Å². The van der Waals surface area contributed by atoms with Crippen molar-refractivity contribution >= 4 is 17.3 Å². The first-order chi connectivity index (χ1) is 7.58. The predicted octanol–water partition coefficient (Wildman–Crippen LogP) is 1.70. The number of carbonyl (C=O) groups is 1. The van der Waals surface area contributed by atoms with E-state index in [4.69, 9.17) is 5.11 Å². The molecule has 0 saturated carbocycles. The van der Waals surface area contributed by atoms with Gasteiger partial charge in [0.25, 0.3) is 0 Å². The van der Waals surface area contributed by atoms with Gasteiger partial charge in [0.15, 0.2) is 0 Å². The van der Waals surface area contributed by atoms with Gasteiger partial charge in [-0.15, -0.1) is 11.3 Å². The first-order valence-electron chi connectivity index (χ1n) is 4.75. The monoisotopic (exact) mass is 237 g/mol. The molecule has 0 atom stereocenters. The summed E-state index contributed by atoms with van der Waals surface area (Å²) in [6.07, 6.45) is 0. The van der Waals surface area contributed by atoms with Gasteiger partial charge >= 0.3 is 5.97 Å². The fourth-order valence-electron chi connectivity index (χ4n) is 1.52. The molecule has 0 aliphatic heterocycles. The third-order valence-electron chi connectivity index (χ3n) is 2.22. The van der Waals surface area contributed by atoms with Crippen LogP contribution in [0.15, 0.2) is 11.4 Å². The molecule has 0 bridgehead atoms. The molecule has 5 nitrogen and oxygen atoms in total. The van der Waals surface area contributed by atoms with Crippen LogP contribution in [0.3, 0.4) is 0 Å². The molecule has 2 heterocycles. The molecule has 0 aromatic carbocycles. The summed E-state index contributed by atoms with van der Waals surface area (Å²) < 4.78 is 1.71. The fraction of sp³-hybridized carbons (Fsp3) is 0.300. The van der Waals surface area contributed by atoms with Crippen LogP contribution in [-0.4, -0.2) is 25.8 Å². The predicted molar refractivity (Wildman–Crippen MR) is 59.9 cm³/mol. The van der Waals surface area contributed by atoms with Crippen molar-refractivity contribution in [2.45, 2.75) is 20.4 Å². The lowest BCUT2D eigenvalue weighted by Gasteiger charge is -2.02. The number of carboxylic acids is 1. The second kappa shape index (κ2) is 4.05. The highest BCUT2D eigenvalue weighted by Gasteiger charge is 2.13. The third-order valence-corrected chi connectivity index (χ3v) is 3.17.